The predicted octanol–water partition coefficient (Wildman–Crippen LogP) is 1.19. The number of hydrogen-bond donors (Lipinski definition) is 1. The molecule has 0 amide bonds. The third kappa shape index (κ3) is 4.39. The lowest BCUT2D eigenvalue weighted by atomic mass is 10.3. The molecule has 0 aliphatic rings. The number of nitrogens with two attached hydrogens (primary N) is 1. The Morgan fingerprint density at radius 3 is 2.17 bits per heavy atom. The third-order valence-corrected chi connectivity index (χ3v) is 1.58. The van der Waals surface area contributed by atoms with E-state index in [9.17, 15) is 0 Å². The first-order valence-corrected chi connectivity index (χ1v) is 3.49. The van der Waals surface area contributed by atoms with E-state index in [1.807, 2.05) is 0 Å². The van der Waals surface area contributed by atoms with Crippen molar-refractivity contribution in [2.45, 2.75) is 13.8 Å². The highest BCUT2D eigenvalue weighted by atomic mass is 31.1. The van der Waals surface area contributed by atoms with Gasteiger partial charge in [0.1, 0.15) is 0 Å². The van der Waals surface area contributed by atoms with Crippen molar-refractivity contribution in [3.63, 3.8) is 0 Å². The smallest absolute Gasteiger partial charge is 0.0201 e. The monoisotopic (exact) mass is 105 g/mol. The zero-order valence-electron chi connectivity index (χ0n) is 4.36. The minimum absolute atomic E-state index is 0.638. The minimum Gasteiger partial charge on any atom is -0.312 e. The first kappa shape index (κ1) is 6.39. The molecule has 0 fully saturated rings. The summed E-state index contributed by atoms with van der Waals surface area (Å²) in [5.74, 6) is 0.785. The maximum atomic E-state index is 5.26. The Bertz CT molecular complexity index is 28.7. The molecule has 0 aromatic heterocycles. The predicted molar refractivity (Wildman–Crippen MR) is 32.2 cm³/mol. The van der Waals surface area contributed by atoms with Crippen molar-refractivity contribution in [3.8, 4) is 0 Å². The summed E-state index contributed by atoms with van der Waals surface area (Å²) in [6, 6.07) is 0. The molecule has 0 aliphatic carbocycles. The second kappa shape index (κ2) is 3.58. The molecule has 0 rings (SSSR count). The van der Waals surface area contributed by atoms with Crippen molar-refractivity contribution in [1.82, 2.24) is 0 Å². The maximum absolute atomic E-state index is 5.26. The second-order valence-corrected chi connectivity index (χ2v) is 2.62. The Hall–Kier alpha value is 0.390. The molecule has 2 heteroatoms. The fourth-order valence-electron chi connectivity index (χ4n) is 0.236. The molecule has 0 heterocycles. The first-order chi connectivity index (χ1) is 2.77. The van der Waals surface area contributed by atoms with Gasteiger partial charge in [-0.25, -0.2) is 0 Å². The van der Waals surface area contributed by atoms with E-state index in [0.29, 0.717) is 8.73 Å². The van der Waals surface area contributed by atoms with E-state index in [1.54, 1.807) is 0 Å². The average Bonchev–Trinajstić information content (AvgIpc) is 1.35. The van der Waals surface area contributed by atoms with Gasteiger partial charge < -0.3 is 5.50 Å². The largest absolute Gasteiger partial charge is 0.312 e. The van der Waals surface area contributed by atoms with Crippen LogP contribution in [0.4, 0.5) is 0 Å². The highest BCUT2D eigenvalue weighted by Crippen LogP contribution is 2.03. The van der Waals surface area contributed by atoms with E-state index in [2.05, 4.69) is 13.8 Å². The molecule has 38 valence electrons. The summed E-state index contributed by atoms with van der Waals surface area (Å²) < 4.78 is 0. The van der Waals surface area contributed by atoms with E-state index in [1.165, 1.54) is 6.16 Å². The minimum atomic E-state index is 0.638. The normalized spacial score (nSPS) is 12.0. The molecule has 0 aromatic carbocycles. The average molecular weight is 105 g/mol. The van der Waals surface area contributed by atoms with Gasteiger partial charge in [0.2, 0.25) is 0 Å². The van der Waals surface area contributed by atoms with Crippen LogP contribution in [0.2, 0.25) is 0 Å². The molecule has 1 unspecified atom stereocenters. The Morgan fingerprint density at radius 2 is 2.17 bits per heavy atom. The van der Waals surface area contributed by atoms with Crippen molar-refractivity contribution in [3.05, 3.63) is 0 Å². The maximum Gasteiger partial charge on any atom is -0.0201 e. The molecule has 0 saturated heterocycles. The summed E-state index contributed by atoms with van der Waals surface area (Å²) in [6.07, 6.45) is 1.18. The fraction of sp³-hybridized carbons (Fsp3) is 1.00. The molecule has 0 bridgehead atoms. The van der Waals surface area contributed by atoms with Gasteiger partial charge in [0.05, 0.1) is 0 Å². The van der Waals surface area contributed by atoms with Gasteiger partial charge in [-0.15, -0.1) is 0 Å². The molecule has 0 aromatic rings. The second-order valence-electron chi connectivity index (χ2n) is 1.80. The molecule has 1 atom stereocenters. The Morgan fingerprint density at radius 1 is 1.67 bits per heavy atom. The van der Waals surface area contributed by atoms with Gasteiger partial charge in [0, 0.05) is 0 Å². The SMILES string of the molecule is CC(C)CPN. The molecular formula is C4H12NP. The van der Waals surface area contributed by atoms with Gasteiger partial charge in [-0.3, -0.25) is 0 Å². The Labute approximate surface area is 41.1 Å². The van der Waals surface area contributed by atoms with Crippen molar-refractivity contribution >= 4 is 8.73 Å². The zero-order valence-corrected chi connectivity index (χ0v) is 5.36. The quantitative estimate of drug-likeness (QED) is 0.524. The lowest BCUT2D eigenvalue weighted by molar-refractivity contribution is 0.747. The van der Waals surface area contributed by atoms with Gasteiger partial charge in [-0.2, -0.15) is 0 Å². The molecule has 1 nitrogen and oxygen atoms in total. The first-order valence-electron chi connectivity index (χ1n) is 2.21. The molecule has 6 heavy (non-hydrogen) atoms. The van der Waals surface area contributed by atoms with Gasteiger partial charge in [-0.05, 0) is 12.1 Å². The fourth-order valence-corrected chi connectivity index (χ4v) is 0.707. The molecular weight excluding hydrogens is 93.0 g/mol. The molecule has 2 N–H and O–H groups in total. The summed E-state index contributed by atoms with van der Waals surface area (Å²) in [7, 11) is 0.638. The van der Waals surface area contributed by atoms with Crippen LogP contribution < -0.4 is 5.50 Å². The standard InChI is InChI=1S/C4H12NP/c1-4(2)3-6-5/h4,6H,3,5H2,1-2H3. The van der Waals surface area contributed by atoms with Crippen LogP contribution in [-0.2, 0) is 0 Å². The van der Waals surface area contributed by atoms with E-state index in [4.69, 9.17) is 5.50 Å². The Balaban J connectivity index is 2.63. The van der Waals surface area contributed by atoms with Crippen LogP contribution in [0.1, 0.15) is 13.8 Å². The molecule has 0 aliphatic heterocycles. The molecule has 0 saturated carbocycles. The van der Waals surface area contributed by atoms with E-state index in [-0.39, 0.29) is 0 Å². The van der Waals surface area contributed by atoms with Crippen LogP contribution >= 0.6 is 8.73 Å². The summed E-state index contributed by atoms with van der Waals surface area (Å²) in [5.41, 5.74) is 5.26. The molecule has 0 spiro atoms. The van der Waals surface area contributed by atoms with Crippen molar-refractivity contribution in [2.75, 3.05) is 6.16 Å². The van der Waals surface area contributed by atoms with Crippen LogP contribution in [0.15, 0.2) is 0 Å². The number of hydrogen-bond acceptors (Lipinski definition) is 1. The highest BCUT2D eigenvalue weighted by molar-refractivity contribution is 7.35. The van der Waals surface area contributed by atoms with Crippen LogP contribution in [-0.4, -0.2) is 6.16 Å². The van der Waals surface area contributed by atoms with Gasteiger partial charge in [0.15, 0.2) is 0 Å². The molecule has 0 radical (unpaired) electrons. The highest BCUT2D eigenvalue weighted by Gasteiger charge is 1.85. The van der Waals surface area contributed by atoms with Crippen molar-refractivity contribution < 1.29 is 0 Å². The Kier molecular flexibility index (Phi) is 3.81. The van der Waals surface area contributed by atoms with E-state index in [0.717, 1.165) is 5.92 Å². The van der Waals surface area contributed by atoms with Gasteiger partial charge >= 0.3 is 0 Å². The summed E-state index contributed by atoms with van der Waals surface area (Å²) in [4.78, 5) is 0. The van der Waals surface area contributed by atoms with Gasteiger partial charge in [0.25, 0.3) is 0 Å². The van der Waals surface area contributed by atoms with E-state index >= 15 is 0 Å². The van der Waals surface area contributed by atoms with Crippen LogP contribution in [0.25, 0.3) is 0 Å². The van der Waals surface area contributed by atoms with E-state index < -0.39 is 0 Å². The van der Waals surface area contributed by atoms with Crippen molar-refractivity contribution in [1.29, 1.82) is 0 Å². The topological polar surface area (TPSA) is 26.0 Å². The summed E-state index contributed by atoms with van der Waals surface area (Å²) >= 11 is 0. The van der Waals surface area contributed by atoms with Crippen molar-refractivity contribution in [2.24, 2.45) is 11.4 Å². The van der Waals surface area contributed by atoms with Crippen LogP contribution in [0.3, 0.4) is 0 Å². The lowest BCUT2D eigenvalue weighted by Gasteiger charge is -1.96. The number of rotatable bonds is 2. The lowest BCUT2D eigenvalue weighted by Crippen LogP contribution is -1.90. The summed E-state index contributed by atoms with van der Waals surface area (Å²) in [5, 5.41) is 0. The summed E-state index contributed by atoms with van der Waals surface area (Å²) in [6.45, 7) is 4.36. The van der Waals surface area contributed by atoms with Gasteiger partial charge in [-0.1, -0.05) is 22.6 Å². The van der Waals surface area contributed by atoms with Crippen LogP contribution in [0, 0.1) is 5.92 Å². The zero-order chi connectivity index (χ0) is 4.99. The third-order valence-electron chi connectivity index (χ3n) is 0.526. The van der Waals surface area contributed by atoms with Crippen LogP contribution in [0.5, 0.6) is 0 Å².